The Balaban J connectivity index is 1.97. The van der Waals surface area contributed by atoms with Gasteiger partial charge in [0.15, 0.2) is 0 Å². The van der Waals surface area contributed by atoms with Crippen LogP contribution < -0.4 is 11.1 Å². The maximum Gasteiger partial charge on any atom is 0.239 e. The normalized spacial score (nSPS) is 24.2. The summed E-state index contributed by atoms with van der Waals surface area (Å²) >= 11 is 0. The number of primary amides is 1. The summed E-state index contributed by atoms with van der Waals surface area (Å²) in [6.07, 6.45) is 3.29. The Morgan fingerprint density at radius 1 is 1.29 bits per heavy atom. The maximum absolute atomic E-state index is 12.2. The van der Waals surface area contributed by atoms with Crippen molar-refractivity contribution >= 4 is 5.91 Å². The zero-order valence-corrected chi connectivity index (χ0v) is 13.9. The summed E-state index contributed by atoms with van der Waals surface area (Å²) in [5.74, 6) is 0.273. The lowest BCUT2D eigenvalue weighted by Crippen LogP contribution is -2.65. The van der Waals surface area contributed by atoms with Crippen molar-refractivity contribution in [1.82, 2.24) is 15.1 Å². The molecule has 3 N–H and O–H groups in total. The Morgan fingerprint density at radius 3 is 2.33 bits per heavy atom. The molecule has 1 saturated carbocycles. The van der Waals surface area contributed by atoms with Crippen molar-refractivity contribution in [2.45, 2.75) is 51.6 Å². The minimum absolute atomic E-state index is 0.162. The minimum Gasteiger partial charge on any atom is -0.368 e. The fourth-order valence-electron chi connectivity index (χ4n) is 3.41. The van der Waals surface area contributed by atoms with Crippen molar-refractivity contribution in [3.8, 4) is 0 Å². The number of hydrogen-bond donors (Lipinski definition) is 2. The molecule has 1 aliphatic carbocycles. The molecule has 1 saturated heterocycles. The summed E-state index contributed by atoms with van der Waals surface area (Å²) in [4.78, 5) is 17.1. The van der Waals surface area contributed by atoms with Gasteiger partial charge in [-0.25, -0.2) is 0 Å². The second kappa shape index (κ2) is 7.07. The number of amides is 1. The summed E-state index contributed by atoms with van der Waals surface area (Å²) in [6, 6.07) is 0.606. The van der Waals surface area contributed by atoms with Gasteiger partial charge in [0.25, 0.3) is 0 Å². The van der Waals surface area contributed by atoms with Gasteiger partial charge < -0.3 is 11.1 Å². The third kappa shape index (κ3) is 3.96. The Labute approximate surface area is 129 Å². The zero-order valence-electron chi connectivity index (χ0n) is 13.9. The molecule has 5 heteroatoms. The maximum atomic E-state index is 12.2. The molecular formula is C16H32N4O. The monoisotopic (exact) mass is 296 g/mol. The lowest BCUT2D eigenvalue weighted by atomic mass is 9.90. The third-order valence-corrected chi connectivity index (χ3v) is 5.01. The van der Waals surface area contributed by atoms with Gasteiger partial charge in [0, 0.05) is 38.8 Å². The first-order chi connectivity index (χ1) is 9.99. The number of carbonyl (C=O) groups is 1. The van der Waals surface area contributed by atoms with Gasteiger partial charge in [-0.05, 0) is 45.6 Å². The molecule has 1 unspecified atom stereocenters. The van der Waals surface area contributed by atoms with Crippen LogP contribution in [0.15, 0.2) is 0 Å². The molecule has 2 rings (SSSR count). The van der Waals surface area contributed by atoms with Crippen LogP contribution >= 0.6 is 0 Å². The second-order valence-electron chi connectivity index (χ2n) is 6.94. The highest BCUT2D eigenvalue weighted by Gasteiger charge is 2.50. The van der Waals surface area contributed by atoms with E-state index in [0.717, 1.165) is 58.5 Å². The molecular weight excluding hydrogens is 264 g/mol. The molecule has 5 nitrogen and oxygen atoms in total. The second-order valence-corrected chi connectivity index (χ2v) is 6.94. The van der Waals surface area contributed by atoms with Crippen LogP contribution in [0.1, 0.15) is 40.0 Å². The number of rotatable bonds is 8. The van der Waals surface area contributed by atoms with E-state index >= 15 is 0 Å². The third-order valence-electron chi connectivity index (χ3n) is 5.01. The van der Waals surface area contributed by atoms with E-state index in [4.69, 9.17) is 5.73 Å². The first kappa shape index (κ1) is 16.7. The summed E-state index contributed by atoms with van der Waals surface area (Å²) in [5.41, 5.74) is 5.30. The number of nitrogens with zero attached hydrogens (tertiary/aromatic N) is 2. The van der Waals surface area contributed by atoms with Gasteiger partial charge in [0.2, 0.25) is 5.91 Å². The predicted molar refractivity (Wildman–Crippen MR) is 86.1 cm³/mol. The molecule has 0 aromatic rings. The van der Waals surface area contributed by atoms with Crippen molar-refractivity contribution in [2.24, 2.45) is 11.7 Å². The number of nitrogens with two attached hydrogens (primary N) is 1. The summed E-state index contributed by atoms with van der Waals surface area (Å²) < 4.78 is 0. The van der Waals surface area contributed by atoms with Crippen molar-refractivity contribution in [1.29, 1.82) is 0 Å². The van der Waals surface area contributed by atoms with Crippen molar-refractivity contribution in [2.75, 3.05) is 39.3 Å². The Kier molecular flexibility index (Phi) is 5.63. The standard InChI is InChI=1S/C16H32N4O/c1-4-7-18-16(15(17)21,14-5-6-14)12-19-8-10-20(11-9-19)13(2)3/h13-14,18H,4-12H2,1-3H3,(H2,17,21). The van der Waals surface area contributed by atoms with E-state index in [9.17, 15) is 4.79 Å². The highest BCUT2D eigenvalue weighted by molar-refractivity contribution is 5.86. The minimum atomic E-state index is -0.504. The van der Waals surface area contributed by atoms with E-state index in [2.05, 4.69) is 35.9 Å². The number of hydrogen-bond acceptors (Lipinski definition) is 4. The number of carbonyl (C=O) groups excluding carboxylic acids is 1. The van der Waals surface area contributed by atoms with Crippen molar-refractivity contribution in [3.05, 3.63) is 0 Å². The Hall–Kier alpha value is -0.650. The Morgan fingerprint density at radius 2 is 1.90 bits per heavy atom. The average molecular weight is 296 g/mol. The van der Waals surface area contributed by atoms with E-state index < -0.39 is 5.54 Å². The fourth-order valence-corrected chi connectivity index (χ4v) is 3.41. The van der Waals surface area contributed by atoms with Crippen LogP contribution in [0.4, 0.5) is 0 Å². The van der Waals surface area contributed by atoms with Crippen molar-refractivity contribution in [3.63, 3.8) is 0 Å². The van der Waals surface area contributed by atoms with Gasteiger partial charge in [0.05, 0.1) is 0 Å². The molecule has 122 valence electrons. The molecule has 1 aliphatic heterocycles. The van der Waals surface area contributed by atoms with Gasteiger partial charge in [-0.3, -0.25) is 14.6 Å². The molecule has 0 aromatic carbocycles. The topological polar surface area (TPSA) is 61.6 Å². The van der Waals surface area contributed by atoms with Crippen molar-refractivity contribution < 1.29 is 4.79 Å². The molecule has 1 heterocycles. The van der Waals surface area contributed by atoms with Crippen LogP contribution in [0.2, 0.25) is 0 Å². The predicted octanol–water partition coefficient (Wildman–Crippen LogP) is 0.646. The van der Waals surface area contributed by atoms with Crippen LogP contribution in [0.25, 0.3) is 0 Å². The van der Waals surface area contributed by atoms with E-state index in [1.54, 1.807) is 0 Å². The van der Waals surface area contributed by atoms with Crippen LogP contribution in [0.5, 0.6) is 0 Å². The first-order valence-corrected chi connectivity index (χ1v) is 8.51. The lowest BCUT2D eigenvalue weighted by Gasteiger charge is -2.42. The molecule has 1 atom stereocenters. The summed E-state index contributed by atoms with van der Waals surface area (Å²) in [6.45, 7) is 12.5. The van der Waals surface area contributed by atoms with Crippen LogP contribution in [0, 0.1) is 5.92 Å². The largest absolute Gasteiger partial charge is 0.368 e. The van der Waals surface area contributed by atoms with Gasteiger partial charge in [0.1, 0.15) is 5.54 Å². The van der Waals surface area contributed by atoms with Crippen LogP contribution in [0.3, 0.4) is 0 Å². The molecule has 0 spiro atoms. The Bertz CT molecular complexity index is 348. The fraction of sp³-hybridized carbons (Fsp3) is 0.938. The van der Waals surface area contributed by atoms with Crippen LogP contribution in [-0.4, -0.2) is 66.6 Å². The van der Waals surface area contributed by atoms with E-state index in [1.165, 1.54) is 0 Å². The molecule has 1 amide bonds. The lowest BCUT2D eigenvalue weighted by molar-refractivity contribution is -0.126. The van der Waals surface area contributed by atoms with Gasteiger partial charge in [-0.1, -0.05) is 6.92 Å². The van der Waals surface area contributed by atoms with Crippen LogP contribution in [-0.2, 0) is 4.79 Å². The van der Waals surface area contributed by atoms with E-state index in [-0.39, 0.29) is 5.91 Å². The molecule has 0 radical (unpaired) electrons. The van der Waals surface area contributed by atoms with E-state index in [1.807, 2.05) is 0 Å². The smallest absolute Gasteiger partial charge is 0.239 e. The molecule has 21 heavy (non-hydrogen) atoms. The summed E-state index contributed by atoms with van der Waals surface area (Å²) in [5, 5.41) is 3.50. The average Bonchev–Trinajstić information content (AvgIpc) is 3.28. The molecule has 2 fully saturated rings. The van der Waals surface area contributed by atoms with Gasteiger partial charge in [-0.2, -0.15) is 0 Å². The quantitative estimate of drug-likeness (QED) is 0.690. The first-order valence-electron chi connectivity index (χ1n) is 8.51. The number of nitrogens with one attached hydrogen (secondary N) is 1. The zero-order chi connectivity index (χ0) is 15.5. The number of piperazine rings is 1. The molecule has 0 aromatic heterocycles. The summed E-state index contributed by atoms with van der Waals surface area (Å²) in [7, 11) is 0. The van der Waals surface area contributed by atoms with Gasteiger partial charge >= 0.3 is 0 Å². The molecule has 2 aliphatic rings. The van der Waals surface area contributed by atoms with E-state index in [0.29, 0.717) is 12.0 Å². The SMILES string of the molecule is CCCNC(CN1CCN(C(C)C)CC1)(C(N)=O)C1CC1. The highest BCUT2D eigenvalue weighted by Crippen LogP contribution is 2.40. The molecule has 0 bridgehead atoms. The van der Waals surface area contributed by atoms with Gasteiger partial charge in [-0.15, -0.1) is 0 Å². The highest BCUT2D eigenvalue weighted by atomic mass is 16.1.